The smallest absolute Gasteiger partial charge is 0.228 e. The van der Waals surface area contributed by atoms with Crippen LogP contribution in [0.2, 0.25) is 0 Å². The molecule has 1 unspecified atom stereocenters. The number of aromatic nitrogens is 2. The highest BCUT2D eigenvalue weighted by molar-refractivity contribution is 5.78. The number of carbonyl (C=O) groups is 1. The maximum atomic E-state index is 12.2. The Morgan fingerprint density at radius 2 is 2.37 bits per heavy atom. The number of hydrogen-bond acceptors (Lipinski definition) is 4. The highest BCUT2D eigenvalue weighted by atomic mass is 16.5. The SMILES string of the molecule is CN(C)CC1CN(C(=O)Cc2ccn(C)n2)CCO1. The van der Waals surface area contributed by atoms with Gasteiger partial charge in [0.15, 0.2) is 0 Å². The number of likely N-dealkylation sites (N-methyl/N-ethyl adjacent to an activating group) is 1. The van der Waals surface area contributed by atoms with Crippen LogP contribution >= 0.6 is 0 Å². The summed E-state index contributed by atoms with van der Waals surface area (Å²) in [5.41, 5.74) is 0.822. The van der Waals surface area contributed by atoms with E-state index >= 15 is 0 Å². The summed E-state index contributed by atoms with van der Waals surface area (Å²) in [4.78, 5) is 16.2. The molecule has 0 aromatic carbocycles. The third-order valence-corrected chi connectivity index (χ3v) is 3.16. The second-order valence-electron chi connectivity index (χ2n) is 5.25. The van der Waals surface area contributed by atoms with E-state index in [9.17, 15) is 4.79 Å². The van der Waals surface area contributed by atoms with E-state index in [-0.39, 0.29) is 12.0 Å². The van der Waals surface area contributed by atoms with Gasteiger partial charge in [0.1, 0.15) is 0 Å². The summed E-state index contributed by atoms with van der Waals surface area (Å²) in [6, 6.07) is 1.88. The van der Waals surface area contributed by atoms with E-state index in [1.807, 2.05) is 38.3 Å². The summed E-state index contributed by atoms with van der Waals surface area (Å²) in [5, 5.41) is 4.24. The molecule has 2 rings (SSSR count). The fourth-order valence-electron chi connectivity index (χ4n) is 2.29. The van der Waals surface area contributed by atoms with E-state index in [1.165, 1.54) is 0 Å². The van der Waals surface area contributed by atoms with E-state index in [0.29, 0.717) is 26.1 Å². The maximum absolute atomic E-state index is 12.2. The van der Waals surface area contributed by atoms with Crippen molar-refractivity contribution in [1.82, 2.24) is 19.6 Å². The topological polar surface area (TPSA) is 50.6 Å². The largest absolute Gasteiger partial charge is 0.373 e. The van der Waals surface area contributed by atoms with Crippen LogP contribution in [0.5, 0.6) is 0 Å². The highest BCUT2D eigenvalue weighted by Gasteiger charge is 2.24. The predicted octanol–water partition coefficient (Wildman–Crippen LogP) is -0.248. The lowest BCUT2D eigenvalue weighted by atomic mass is 10.2. The van der Waals surface area contributed by atoms with Gasteiger partial charge < -0.3 is 14.5 Å². The molecule has 1 aromatic heterocycles. The van der Waals surface area contributed by atoms with Gasteiger partial charge in [0.25, 0.3) is 0 Å². The maximum Gasteiger partial charge on any atom is 0.228 e. The molecule has 0 saturated carbocycles. The van der Waals surface area contributed by atoms with Crippen molar-refractivity contribution in [3.63, 3.8) is 0 Å². The molecule has 1 saturated heterocycles. The van der Waals surface area contributed by atoms with Crippen molar-refractivity contribution in [2.45, 2.75) is 12.5 Å². The van der Waals surface area contributed by atoms with Gasteiger partial charge >= 0.3 is 0 Å². The second kappa shape index (κ2) is 6.16. The van der Waals surface area contributed by atoms with Crippen LogP contribution in [0.4, 0.5) is 0 Å². The molecule has 0 N–H and O–H groups in total. The number of ether oxygens (including phenoxy) is 1. The molecule has 1 aliphatic rings. The lowest BCUT2D eigenvalue weighted by Gasteiger charge is -2.34. The molecule has 19 heavy (non-hydrogen) atoms. The molecule has 0 bridgehead atoms. The van der Waals surface area contributed by atoms with Crippen LogP contribution in [-0.2, 0) is 23.0 Å². The fraction of sp³-hybridized carbons (Fsp3) is 0.692. The summed E-state index contributed by atoms with van der Waals surface area (Å²) >= 11 is 0. The average molecular weight is 266 g/mol. The third-order valence-electron chi connectivity index (χ3n) is 3.16. The number of aryl methyl sites for hydroxylation is 1. The number of amides is 1. The van der Waals surface area contributed by atoms with E-state index < -0.39 is 0 Å². The first-order chi connectivity index (χ1) is 9.04. The summed E-state index contributed by atoms with van der Waals surface area (Å²) in [5.74, 6) is 0.130. The Labute approximate surface area is 113 Å². The average Bonchev–Trinajstić information content (AvgIpc) is 2.74. The van der Waals surface area contributed by atoms with Crippen molar-refractivity contribution in [1.29, 1.82) is 0 Å². The number of hydrogen-bond donors (Lipinski definition) is 0. The van der Waals surface area contributed by atoms with Crippen LogP contribution in [0.1, 0.15) is 5.69 Å². The monoisotopic (exact) mass is 266 g/mol. The van der Waals surface area contributed by atoms with Crippen molar-refractivity contribution in [2.24, 2.45) is 7.05 Å². The molecular formula is C13H22N4O2. The fourth-order valence-corrected chi connectivity index (χ4v) is 2.29. The molecule has 106 valence electrons. The molecule has 6 heteroatoms. The van der Waals surface area contributed by atoms with E-state index in [0.717, 1.165) is 12.2 Å². The van der Waals surface area contributed by atoms with E-state index in [4.69, 9.17) is 4.74 Å². The van der Waals surface area contributed by atoms with Gasteiger partial charge in [0.2, 0.25) is 5.91 Å². The molecule has 0 aliphatic carbocycles. The zero-order valence-corrected chi connectivity index (χ0v) is 11.9. The van der Waals surface area contributed by atoms with Crippen LogP contribution < -0.4 is 0 Å². The summed E-state index contributed by atoms with van der Waals surface area (Å²) < 4.78 is 7.39. The van der Waals surface area contributed by atoms with Crippen LogP contribution in [0.15, 0.2) is 12.3 Å². The molecule has 0 radical (unpaired) electrons. The zero-order chi connectivity index (χ0) is 13.8. The van der Waals surface area contributed by atoms with E-state index in [1.54, 1.807) is 4.68 Å². The van der Waals surface area contributed by atoms with Crippen LogP contribution in [0, 0.1) is 0 Å². The van der Waals surface area contributed by atoms with Gasteiger partial charge in [0.05, 0.1) is 24.8 Å². The van der Waals surface area contributed by atoms with Crippen LogP contribution in [-0.4, -0.2) is 71.9 Å². The minimum Gasteiger partial charge on any atom is -0.373 e. The zero-order valence-electron chi connectivity index (χ0n) is 11.9. The first kappa shape index (κ1) is 14.0. The summed E-state index contributed by atoms with van der Waals surface area (Å²) in [7, 11) is 5.88. The van der Waals surface area contributed by atoms with Crippen LogP contribution in [0.3, 0.4) is 0 Å². The van der Waals surface area contributed by atoms with Crippen molar-refractivity contribution in [2.75, 3.05) is 40.3 Å². The van der Waals surface area contributed by atoms with Gasteiger partial charge in [0, 0.05) is 32.9 Å². The molecule has 2 heterocycles. The predicted molar refractivity (Wildman–Crippen MR) is 71.8 cm³/mol. The van der Waals surface area contributed by atoms with Crippen LogP contribution in [0.25, 0.3) is 0 Å². The molecule has 0 spiro atoms. The number of nitrogens with zero attached hydrogens (tertiary/aromatic N) is 4. The molecule has 1 amide bonds. The molecule has 1 aromatic rings. The Morgan fingerprint density at radius 1 is 1.58 bits per heavy atom. The molecule has 6 nitrogen and oxygen atoms in total. The van der Waals surface area contributed by atoms with Crippen molar-refractivity contribution >= 4 is 5.91 Å². The Balaban J connectivity index is 1.88. The second-order valence-corrected chi connectivity index (χ2v) is 5.25. The number of morpholine rings is 1. The standard InChI is InChI=1S/C13H22N4O2/c1-15(2)9-12-10-17(6-7-19-12)13(18)8-11-4-5-16(3)14-11/h4-5,12H,6-10H2,1-3H3. The van der Waals surface area contributed by atoms with Gasteiger partial charge in [-0.15, -0.1) is 0 Å². The molecule has 1 fully saturated rings. The summed E-state index contributed by atoms with van der Waals surface area (Å²) in [6.45, 7) is 2.80. The Bertz CT molecular complexity index is 430. The van der Waals surface area contributed by atoms with Gasteiger partial charge in [-0.2, -0.15) is 5.10 Å². The lowest BCUT2D eigenvalue weighted by molar-refractivity contribution is -0.138. The van der Waals surface area contributed by atoms with Crippen molar-refractivity contribution < 1.29 is 9.53 Å². The van der Waals surface area contributed by atoms with Gasteiger partial charge in [-0.1, -0.05) is 0 Å². The number of rotatable bonds is 4. The van der Waals surface area contributed by atoms with Gasteiger partial charge in [-0.05, 0) is 20.2 Å². The van der Waals surface area contributed by atoms with Crippen molar-refractivity contribution in [3.8, 4) is 0 Å². The normalized spacial score (nSPS) is 20.0. The third kappa shape index (κ3) is 4.04. The Hall–Kier alpha value is -1.40. The van der Waals surface area contributed by atoms with Gasteiger partial charge in [-0.25, -0.2) is 0 Å². The van der Waals surface area contributed by atoms with E-state index in [2.05, 4.69) is 10.00 Å². The molecular weight excluding hydrogens is 244 g/mol. The Kier molecular flexibility index (Phi) is 4.55. The van der Waals surface area contributed by atoms with Crippen molar-refractivity contribution in [3.05, 3.63) is 18.0 Å². The quantitative estimate of drug-likeness (QED) is 0.754. The first-order valence-corrected chi connectivity index (χ1v) is 6.57. The van der Waals surface area contributed by atoms with Gasteiger partial charge in [-0.3, -0.25) is 9.48 Å². The molecule has 1 atom stereocenters. The lowest BCUT2D eigenvalue weighted by Crippen LogP contribution is -2.49. The minimum absolute atomic E-state index is 0.108. The Morgan fingerprint density at radius 3 is 3.00 bits per heavy atom. The highest BCUT2D eigenvalue weighted by Crippen LogP contribution is 2.08. The first-order valence-electron chi connectivity index (χ1n) is 6.57. The minimum atomic E-state index is 0.108. The molecule has 1 aliphatic heterocycles. The summed E-state index contributed by atoms with van der Waals surface area (Å²) in [6.07, 6.45) is 2.34. The number of carbonyl (C=O) groups excluding carboxylic acids is 1.